The van der Waals surface area contributed by atoms with Crippen molar-refractivity contribution < 1.29 is 9.59 Å². The predicted octanol–water partition coefficient (Wildman–Crippen LogP) is 3.00. The molecule has 3 N–H and O–H groups in total. The average molecular weight is 334 g/mol. The molecule has 0 radical (unpaired) electrons. The number of aromatic amines is 1. The number of aryl methyl sites for hydroxylation is 2. The summed E-state index contributed by atoms with van der Waals surface area (Å²) in [6, 6.07) is 3.66. The van der Waals surface area contributed by atoms with Crippen molar-refractivity contribution in [1.82, 2.24) is 15.5 Å². The van der Waals surface area contributed by atoms with Gasteiger partial charge in [-0.2, -0.15) is 5.10 Å². The topological polar surface area (TPSA) is 86.9 Å². The number of hydrogen-bond donors (Lipinski definition) is 3. The van der Waals surface area contributed by atoms with Crippen molar-refractivity contribution in [3.63, 3.8) is 0 Å². The number of hydrogen-bond acceptors (Lipinski definition) is 4. The van der Waals surface area contributed by atoms with E-state index in [1.165, 1.54) is 11.3 Å². The molecule has 0 aromatic carbocycles. The number of aromatic nitrogens is 2. The fourth-order valence-corrected chi connectivity index (χ4v) is 2.80. The summed E-state index contributed by atoms with van der Waals surface area (Å²) in [6.07, 6.45) is 0. The van der Waals surface area contributed by atoms with Gasteiger partial charge in [-0.3, -0.25) is 14.7 Å². The SMILES string of the molecule is Cc1cc(CNC(=O)c2cc(C)sc2NC(=O)C(C)(C)C)n[nH]1. The van der Waals surface area contributed by atoms with Crippen LogP contribution in [0.1, 0.15) is 47.4 Å². The Morgan fingerprint density at radius 1 is 1.26 bits per heavy atom. The number of nitrogens with one attached hydrogen (secondary N) is 3. The van der Waals surface area contributed by atoms with E-state index in [9.17, 15) is 9.59 Å². The van der Waals surface area contributed by atoms with Gasteiger partial charge in [0.1, 0.15) is 5.00 Å². The molecule has 6 nitrogen and oxygen atoms in total. The number of amides is 2. The van der Waals surface area contributed by atoms with Gasteiger partial charge in [0, 0.05) is 16.0 Å². The molecular weight excluding hydrogens is 312 g/mol. The van der Waals surface area contributed by atoms with Crippen LogP contribution in [0.4, 0.5) is 5.00 Å². The lowest BCUT2D eigenvalue weighted by atomic mass is 9.96. The van der Waals surface area contributed by atoms with Gasteiger partial charge in [0.05, 0.1) is 17.8 Å². The van der Waals surface area contributed by atoms with Crippen LogP contribution >= 0.6 is 11.3 Å². The molecule has 0 aliphatic rings. The fourth-order valence-electron chi connectivity index (χ4n) is 1.90. The predicted molar refractivity (Wildman–Crippen MR) is 91.6 cm³/mol. The maximum Gasteiger partial charge on any atom is 0.254 e. The summed E-state index contributed by atoms with van der Waals surface area (Å²) in [5.41, 5.74) is 1.68. The zero-order chi connectivity index (χ0) is 17.2. The van der Waals surface area contributed by atoms with Gasteiger partial charge in [0.15, 0.2) is 0 Å². The summed E-state index contributed by atoms with van der Waals surface area (Å²) in [4.78, 5) is 25.5. The molecule has 2 aromatic rings. The van der Waals surface area contributed by atoms with Gasteiger partial charge in [0.2, 0.25) is 5.91 Å². The minimum atomic E-state index is -0.516. The van der Waals surface area contributed by atoms with Gasteiger partial charge < -0.3 is 10.6 Å². The lowest BCUT2D eigenvalue weighted by molar-refractivity contribution is -0.123. The molecule has 2 amide bonds. The average Bonchev–Trinajstić information content (AvgIpc) is 3.01. The van der Waals surface area contributed by atoms with Gasteiger partial charge in [-0.05, 0) is 26.0 Å². The number of nitrogens with zero attached hydrogens (tertiary/aromatic N) is 1. The number of thiophene rings is 1. The summed E-state index contributed by atoms with van der Waals surface area (Å²) in [6.45, 7) is 9.66. The van der Waals surface area contributed by atoms with Gasteiger partial charge in [-0.1, -0.05) is 20.8 Å². The largest absolute Gasteiger partial charge is 0.346 e. The highest BCUT2D eigenvalue weighted by Gasteiger charge is 2.24. The maximum absolute atomic E-state index is 12.4. The Morgan fingerprint density at radius 2 is 1.96 bits per heavy atom. The standard InChI is InChI=1S/C16H22N4O2S/c1-9-6-11(20-19-9)8-17-13(21)12-7-10(2)23-14(12)18-15(22)16(3,4)5/h6-7H,8H2,1-5H3,(H,17,21)(H,18,22)(H,19,20). The first kappa shape index (κ1) is 17.2. The van der Waals surface area contributed by atoms with Crippen molar-refractivity contribution in [1.29, 1.82) is 0 Å². The molecule has 0 spiro atoms. The van der Waals surface area contributed by atoms with Crippen LogP contribution in [-0.4, -0.2) is 22.0 Å². The van der Waals surface area contributed by atoms with Gasteiger partial charge in [-0.25, -0.2) is 0 Å². The van der Waals surface area contributed by atoms with Crippen LogP contribution in [0.15, 0.2) is 12.1 Å². The number of carbonyl (C=O) groups excluding carboxylic acids is 2. The Hall–Kier alpha value is -2.15. The second kappa shape index (κ2) is 6.54. The summed E-state index contributed by atoms with van der Waals surface area (Å²) < 4.78 is 0. The van der Waals surface area contributed by atoms with E-state index in [0.717, 1.165) is 16.3 Å². The zero-order valence-electron chi connectivity index (χ0n) is 14.0. The first-order chi connectivity index (χ1) is 10.7. The second-order valence-corrected chi connectivity index (χ2v) is 7.79. The first-order valence-corrected chi connectivity index (χ1v) is 8.19. The molecular formula is C16H22N4O2S. The van der Waals surface area contributed by atoms with Crippen LogP contribution < -0.4 is 10.6 Å². The van der Waals surface area contributed by atoms with Gasteiger partial charge in [0.25, 0.3) is 5.91 Å². The molecule has 2 aromatic heterocycles. The molecule has 0 aliphatic heterocycles. The number of anilines is 1. The summed E-state index contributed by atoms with van der Waals surface area (Å²) in [7, 11) is 0. The Kier molecular flexibility index (Phi) is 4.89. The molecule has 0 saturated heterocycles. The van der Waals surface area contributed by atoms with Crippen LogP contribution in [0.3, 0.4) is 0 Å². The van der Waals surface area contributed by atoms with E-state index in [0.29, 0.717) is 17.1 Å². The highest BCUT2D eigenvalue weighted by molar-refractivity contribution is 7.16. The Bertz CT molecular complexity index is 725. The fraction of sp³-hybridized carbons (Fsp3) is 0.438. The molecule has 0 atom stereocenters. The van der Waals surface area contributed by atoms with Crippen molar-refractivity contribution in [2.24, 2.45) is 5.41 Å². The lowest BCUT2D eigenvalue weighted by Gasteiger charge is -2.17. The van der Waals surface area contributed by atoms with Gasteiger partial charge in [-0.15, -0.1) is 11.3 Å². The van der Waals surface area contributed by atoms with Crippen molar-refractivity contribution in [2.75, 3.05) is 5.32 Å². The molecule has 2 rings (SSSR count). The van der Waals surface area contributed by atoms with Crippen LogP contribution in [-0.2, 0) is 11.3 Å². The maximum atomic E-state index is 12.4. The van der Waals surface area contributed by atoms with E-state index in [1.807, 2.05) is 40.7 Å². The minimum absolute atomic E-state index is 0.115. The van der Waals surface area contributed by atoms with Crippen LogP contribution in [0, 0.1) is 19.3 Å². The quantitative estimate of drug-likeness (QED) is 0.803. The van der Waals surface area contributed by atoms with Crippen molar-refractivity contribution in [3.05, 3.63) is 34.0 Å². The number of carbonyl (C=O) groups is 2. The Labute approximate surface area is 139 Å². The highest BCUT2D eigenvalue weighted by Crippen LogP contribution is 2.29. The smallest absolute Gasteiger partial charge is 0.254 e. The van der Waals surface area contributed by atoms with Gasteiger partial charge >= 0.3 is 0 Å². The molecule has 0 aliphatic carbocycles. The first-order valence-electron chi connectivity index (χ1n) is 7.38. The molecule has 0 fully saturated rings. The third-order valence-corrected chi connectivity index (χ3v) is 4.16. The highest BCUT2D eigenvalue weighted by atomic mass is 32.1. The Morgan fingerprint density at radius 3 is 2.52 bits per heavy atom. The molecule has 0 saturated carbocycles. The van der Waals surface area contributed by atoms with Crippen molar-refractivity contribution in [2.45, 2.75) is 41.2 Å². The monoisotopic (exact) mass is 334 g/mol. The molecule has 23 heavy (non-hydrogen) atoms. The number of H-pyrrole nitrogens is 1. The molecule has 7 heteroatoms. The molecule has 0 unspecified atom stereocenters. The molecule has 124 valence electrons. The Balaban J connectivity index is 2.09. The lowest BCUT2D eigenvalue weighted by Crippen LogP contribution is -2.29. The summed E-state index contributed by atoms with van der Waals surface area (Å²) in [5, 5.41) is 13.2. The molecule has 2 heterocycles. The van der Waals surface area contributed by atoms with Crippen LogP contribution in [0.5, 0.6) is 0 Å². The van der Waals surface area contributed by atoms with E-state index in [2.05, 4.69) is 20.8 Å². The number of rotatable bonds is 4. The second-order valence-electron chi connectivity index (χ2n) is 6.53. The minimum Gasteiger partial charge on any atom is -0.346 e. The van der Waals surface area contributed by atoms with Crippen molar-refractivity contribution >= 4 is 28.2 Å². The summed E-state index contributed by atoms with van der Waals surface area (Å²) in [5.74, 6) is -0.337. The zero-order valence-corrected chi connectivity index (χ0v) is 14.9. The van der Waals surface area contributed by atoms with Crippen LogP contribution in [0.25, 0.3) is 0 Å². The summed E-state index contributed by atoms with van der Waals surface area (Å²) >= 11 is 1.40. The van der Waals surface area contributed by atoms with E-state index < -0.39 is 5.41 Å². The van der Waals surface area contributed by atoms with Crippen LogP contribution in [0.2, 0.25) is 0 Å². The van der Waals surface area contributed by atoms with E-state index in [1.54, 1.807) is 6.07 Å². The molecule has 0 bridgehead atoms. The third kappa shape index (κ3) is 4.41. The van der Waals surface area contributed by atoms with E-state index >= 15 is 0 Å². The van der Waals surface area contributed by atoms with E-state index in [4.69, 9.17) is 0 Å². The third-order valence-electron chi connectivity index (χ3n) is 3.20. The normalized spacial score (nSPS) is 11.3. The van der Waals surface area contributed by atoms with Crippen molar-refractivity contribution in [3.8, 4) is 0 Å². The van der Waals surface area contributed by atoms with E-state index in [-0.39, 0.29) is 11.8 Å².